The highest BCUT2D eigenvalue weighted by Gasteiger charge is 2.38. The lowest BCUT2D eigenvalue weighted by Crippen LogP contribution is -2.39. The number of carbonyl (C=O) groups is 2. The molecular weight excluding hydrogens is 589 g/mol. The summed E-state index contributed by atoms with van der Waals surface area (Å²) < 4.78 is 59.4. The number of esters is 1. The van der Waals surface area contributed by atoms with Gasteiger partial charge in [0.1, 0.15) is 29.4 Å². The van der Waals surface area contributed by atoms with Crippen LogP contribution in [-0.4, -0.2) is 44.6 Å². The smallest absolute Gasteiger partial charge is 0.497 e. The zero-order valence-electron chi connectivity index (χ0n) is 23.4. The summed E-state index contributed by atoms with van der Waals surface area (Å²) in [5.74, 6) is -0.267. The number of methoxy groups -OCH3 is 1. The molecule has 0 spiro atoms. The maximum atomic E-state index is 14.1. The summed E-state index contributed by atoms with van der Waals surface area (Å²) in [6.07, 6.45) is -3.51. The van der Waals surface area contributed by atoms with Gasteiger partial charge in [0.15, 0.2) is 0 Å². The van der Waals surface area contributed by atoms with Gasteiger partial charge in [-0.2, -0.15) is 0 Å². The van der Waals surface area contributed by atoms with E-state index in [2.05, 4.69) is 10.1 Å². The molecule has 3 aromatic rings. The van der Waals surface area contributed by atoms with Crippen molar-refractivity contribution in [3.63, 3.8) is 0 Å². The Morgan fingerprint density at radius 2 is 1.74 bits per heavy atom. The molecule has 1 aliphatic carbocycles. The molecule has 228 valence electrons. The molecule has 12 heteroatoms. The second-order valence-electron chi connectivity index (χ2n) is 10.3. The van der Waals surface area contributed by atoms with Gasteiger partial charge in [0.25, 0.3) is 5.91 Å². The fourth-order valence-electron chi connectivity index (χ4n) is 5.20. The molecular formula is C31H30ClF3N2O6. The lowest BCUT2D eigenvalue weighted by molar-refractivity contribution is -0.274. The highest BCUT2D eigenvalue weighted by atomic mass is 35.5. The standard InChI is InChI=1S/C31H30ClF3N2O6/c1-3-41-30(39)20-12-25(13-20)42-26-15-22(14-24(16-26)40-2)36-28(19-4-7-21(32)8-5-19)29(38)37-11-10-18-6-9-23(17-27(18)37)43-31(33,34)35/h4-9,14-17,20,25,28,36H,3,10-13H2,1-2H3/t20-,25-,28?. The molecule has 8 nitrogen and oxygen atoms in total. The van der Waals surface area contributed by atoms with Crippen molar-refractivity contribution in [2.75, 3.05) is 30.5 Å². The van der Waals surface area contributed by atoms with E-state index < -0.39 is 18.2 Å². The molecule has 0 radical (unpaired) electrons. The van der Waals surface area contributed by atoms with Crippen LogP contribution in [0.2, 0.25) is 5.02 Å². The van der Waals surface area contributed by atoms with Gasteiger partial charge in [0.2, 0.25) is 0 Å². The molecule has 1 amide bonds. The van der Waals surface area contributed by atoms with Crippen molar-refractivity contribution in [1.82, 2.24) is 0 Å². The first-order valence-corrected chi connectivity index (χ1v) is 14.1. The van der Waals surface area contributed by atoms with E-state index in [0.29, 0.717) is 59.3 Å². The maximum Gasteiger partial charge on any atom is 0.573 e. The summed E-state index contributed by atoms with van der Waals surface area (Å²) in [5, 5.41) is 3.74. The van der Waals surface area contributed by atoms with E-state index in [0.717, 1.165) is 5.56 Å². The molecule has 1 N–H and O–H groups in total. The first-order chi connectivity index (χ1) is 20.5. The number of anilines is 2. The van der Waals surface area contributed by atoms with Gasteiger partial charge in [-0.1, -0.05) is 29.8 Å². The molecule has 5 rings (SSSR count). The van der Waals surface area contributed by atoms with Crippen molar-refractivity contribution in [3.05, 3.63) is 76.8 Å². The Labute approximate surface area is 251 Å². The van der Waals surface area contributed by atoms with E-state index in [9.17, 15) is 22.8 Å². The minimum Gasteiger partial charge on any atom is -0.497 e. The van der Waals surface area contributed by atoms with E-state index in [1.54, 1.807) is 49.4 Å². The van der Waals surface area contributed by atoms with Crippen LogP contribution in [0.5, 0.6) is 17.2 Å². The lowest BCUT2D eigenvalue weighted by atomic mass is 9.82. The molecule has 0 aromatic heterocycles. The van der Waals surface area contributed by atoms with Crippen LogP contribution in [0.1, 0.15) is 36.9 Å². The number of fused-ring (bicyclic) bond motifs is 1. The first kappa shape index (κ1) is 30.3. The number of benzene rings is 3. The number of carbonyl (C=O) groups excluding carboxylic acids is 2. The SMILES string of the molecule is CCOC(=O)[C@H]1C[C@H](Oc2cc(NC(C(=O)N3CCc4ccc(OC(F)(F)F)cc43)c3ccc(Cl)cc3)cc(OC)c2)C1. The van der Waals surface area contributed by atoms with Gasteiger partial charge >= 0.3 is 12.3 Å². The Kier molecular flexibility index (Phi) is 8.91. The number of hydrogen-bond donors (Lipinski definition) is 1. The van der Waals surface area contributed by atoms with Crippen LogP contribution in [0, 0.1) is 5.92 Å². The second-order valence-corrected chi connectivity index (χ2v) is 10.7. The van der Waals surface area contributed by atoms with Crippen LogP contribution < -0.4 is 24.4 Å². The van der Waals surface area contributed by atoms with Crippen LogP contribution >= 0.6 is 11.6 Å². The molecule has 1 unspecified atom stereocenters. The molecule has 1 atom stereocenters. The third-order valence-corrected chi connectivity index (χ3v) is 7.60. The van der Waals surface area contributed by atoms with E-state index in [-0.39, 0.29) is 30.4 Å². The Balaban J connectivity index is 1.40. The highest BCUT2D eigenvalue weighted by molar-refractivity contribution is 6.30. The summed E-state index contributed by atoms with van der Waals surface area (Å²) >= 11 is 6.11. The fourth-order valence-corrected chi connectivity index (χ4v) is 5.32. The highest BCUT2D eigenvalue weighted by Crippen LogP contribution is 2.38. The topological polar surface area (TPSA) is 86.3 Å². The summed E-state index contributed by atoms with van der Waals surface area (Å²) in [6.45, 7) is 2.37. The monoisotopic (exact) mass is 618 g/mol. The van der Waals surface area contributed by atoms with Crippen molar-refractivity contribution in [2.24, 2.45) is 5.92 Å². The Morgan fingerprint density at radius 1 is 1.02 bits per heavy atom. The molecule has 1 aliphatic heterocycles. The third-order valence-electron chi connectivity index (χ3n) is 7.35. The van der Waals surface area contributed by atoms with Crippen molar-refractivity contribution in [1.29, 1.82) is 0 Å². The number of nitrogens with zero attached hydrogens (tertiary/aromatic N) is 1. The minimum atomic E-state index is -4.86. The average molecular weight is 619 g/mol. The predicted molar refractivity (Wildman–Crippen MR) is 154 cm³/mol. The third kappa shape index (κ3) is 7.27. The van der Waals surface area contributed by atoms with Gasteiger partial charge in [-0.05, 0) is 55.5 Å². The number of alkyl halides is 3. The number of halogens is 4. The summed E-state index contributed by atoms with van der Waals surface area (Å²) in [7, 11) is 1.51. The molecule has 0 bridgehead atoms. The van der Waals surface area contributed by atoms with Gasteiger partial charge in [-0.25, -0.2) is 0 Å². The van der Waals surface area contributed by atoms with Gasteiger partial charge in [0.05, 0.1) is 25.3 Å². The van der Waals surface area contributed by atoms with E-state index in [1.165, 1.54) is 30.2 Å². The number of rotatable bonds is 10. The number of ether oxygens (including phenoxy) is 4. The summed E-state index contributed by atoms with van der Waals surface area (Å²) in [4.78, 5) is 27.5. The van der Waals surface area contributed by atoms with E-state index >= 15 is 0 Å². The summed E-state index contributed by atoms with van der Waals surface area (Å²) in [5.41, 5.74) is 2.18. The molecule has 0 saturated heterocycles. The number of nitrogens with one attached hydrogen (secondary N) is 1. The van der Waals surface area contributed by atoms with Crippen LogP contribution in [0.25, 0.3) is 0 Å². The van der Waals surface area contributed by atoms with Crippen molar-refractivity contribution in [3.8, 4) is 17.2 Å². The minimum absolute atomic E-state index is 0.183. The van der Waals surface area contributed by atoms with Gasteiger partial charge in [-0.3, -0.25) is 9.59 Å². The van der Waals surface area contributed by atoms with Crippen LogP contribution in [0.3, 0.4) is 0 Å². The fraction of sp³-hybridized carbons (Fsp3) is 0.355. The Bertz CT molecular complexity index is 1480. The molecule has 43 heavy (non-hydrogen) atoms. The van der Waals surface area contributed by atoms with Gasteiger partial charge < -0.3 is 29.2 Å². The largest absolute Gasteiger partial charge is 0.573 e. The molecule has 1 heterocycles. The normalized spacial score (nSPS) is 18.2. The lowest BCUT2D eigenvalue weighted by Gasteiger charge is -2.33. The molecule has 1 fully saturated rings. The van der Waals surface area contributed by atoms with E-state index in [1.807, 2.05) is 0 Å². The Morgan fingerprint density at radius 3 is 2.42 bits per heavy atom. The van der Waals surface area contributed by atoms with Crippen LogP contribution in [0.15, 0.2) is 60.7 Å². The maximum absolute atomic E-state index is 14.1. The zero-order valence-corrected chi connectivity index (χ0v) is 24.2. The second kappa shape index (κ2) is 12.6. The quantitative estimate of drug-likeness (QED) is 0.253. The van der Waals surface area contributed by atoms with E-state index in [4.69, 9.17) is 25.8 Å². The zero-order chi connectivity index (χ0) is 30.7. The van der Waals surface area contributed by atoms with Crippen LogP contribution in [0.4, 0.5) is 24.5 Å². The molecule has 3 aromatic carbocycles. The Hall–Kier alpha value is -4.12. The number of hydrogen-bond acceptors (Lipinski definition) is 7. The van der Waals surface area contributed by atoms with Crippen molar-refractivity contribution >= 4 is 34.9 Å². The van der Waals surface area contributed by atoms with Gasteiger partial charge in [0, 0.05) is 41.5 Å². The molecule has 1 saturated carbocycles. The summed E-state index contributed by atoms with van der Waals surface area (Å²) in [6, 6.07) is 14.9. The number of amides is 1. The molecule has 2 aliphatic rings. The average Bonchev–Trinajstić information content (AvgIpc) is 3.36. The first-order valence-electron chi connectivity index (χ1n) is 13.8. The predicted octanol–water partition coefficient (Wildman–Crippen LogP) is 6.71. The van der Waals surface area contributed by atoms with Gasteiger partial charge in [-0.15, -0.1) is 13.2 Å². The van der Waals surface area contributed by atoms with Crippen molar-refractivity contribution in [2.45, 2.75) is 44.7 Å². The van der Waals surface area contributed by atoms with Crippen molar-refractivity contribution < 1.29 is 41.7 Å². The van der Waals surface area contributed by atoms with Crippen LogP contribution in [-0.2, 0) is 20.7 Å².